The molecule has 0 aromatic carbocycles. The largest absolute Gasteiger partial charge is 0.394 e. The first-order valence-electron chi connectivity index (χ1n) is 17.1. The first kappa shape index (κ1) is 34.5. The molecule has 1 heterocycles. The van der Waals surface area contributed by atoms with Gasteiger partial charge in [-0.2, -0.15) is 0 Å². The van der Waals surface area contributed by atoms with Crippen molar-refractivity contribution >= 4 is 0 Å². The molecule has 0 spiro atoms. The highest BCUT2D eigenvalue weighted by Crippen LogP contribution is 2.76. The molecule has 15 atom stereocenters. The van der Waals surface area contributed by atoms with Crippen LogP contribution in [0.4, 0.5) is 0 Å². The lowest BCUT2D eigenvalue weighted by Crippen LogP contribution is -2.70. The summed E-state index contributed by atoms with van der Waals surface area (Å²) < 4.78 is 12.6. The van der Waals surface area contributed by atoms with Crippen LogP contribution < -0.4 is 0 Å². The van der Waals surface area contributed by atoms with Gasteiger partial charge in [-0.15, -0.1) is 0 Å². The van der Waals surface area contributed by atoms with Crippen molar-refractivity contribution in [2.24, 2.45) is 45.3 Å². The van der Waals surface area contributed by atoms with Gasteiger partial charge in [-0.25, -0.2) is 0 Å². The van der Waals surface area contributed by atoms with Gasteiger partial charge in [0.1, 0.15) is 24.4 Å². The Morgan fingerprint density at radius 1 is 0.864 bits per heavy atom. The maximum Gasteiger partial charge on any atom is 0.186 e. The van der Waals surface area contributed by atoms with Crippen LogP contribution in [0.15, 0.2) is 23.3 Å². The van der Waals surface area contributed by atoms with E-state index in [1.165, 1.54) is 11.1 Å². The minimum absolute atomic E-state index is 0.112. The van der Waals surface area contributed by atoms with E-state index in [1.807, 2.05) is 0 Å². The molecule has 0 aromatic rings. The van der Waals surface area contributed by atoms with E-state index in [0.717, 1.165) is 25.7 Å². The van der Waals surface area contributed by atoms with Gasteiger partial charge in [0.05, 0.1) is 24.9 Å². The Morgan fingerprint density at radius 3 is 2.18 bits per heavy atom. The van der Waals surface area contributed by atoms with Crippen LogP contribution in [0.1, 0.15) is 100 Å². The summed E-state index contributed by atoms with van der Waals surface area (Å²) in [4.78, 5) is 0. The highest BCUT2D eigenvalue weighted by atomic mass is 16.7. The topological polar surface area (TPSA) is 140 Å². The predicted octanol–water partition coefficient (Wildman–Crippen LogP) is 4.10. The van der Waals surface area contributed by atoms with Gasteiger partial charge >= 0.3 is 0 Å². The van der Waals surface area contributed by atoms with Gasteiger partial charge in [0.25, 0.3) is 0 Å². The summed E-state index contributed by atoms with van der Waals surface area (Å²) in [6, 6.07) is 0. The normalized spacial score (nSPS) is 52.1. The minimum atomic E-state index is -1.52. The summed E-state index contributed by atoms with van der Waals surface area (Å²) in [5, 5.41) is 65.2. The Bertz CT molecular complexity index is 1110. The molecule has 6 N–H and O–H groups in total. The Balaban J connectivity index is 1.55. The summed E-state index contributed by atoms with van der Waals surface area (Å²) in [5.74, 6) is 0.506. The van der Waals surface area contributed by atoms with E-state index in [1.54, 1.807) is 0 Å². The van der Waals surface area contributed by atoms with Crippen molar-refractivity contribution in [1.29, 1.82) is 0 Å². The van der Waals surface area contributed by atoms with Crippen molar-refractivity contribution in [3.63, 3.8) is 0 Å². The van der Waals surface area contributed by atoms with Crippen molar-refractivity contribution in [2.45, 2.75) is 149 Å². The third-order valence-electron chi connectivity index (χ3n) is 13.9. The fraction of sp³-hybridized carbons (Fsp3) is 0.889. The van der Waals surface area contributed by atoms with Gasteiger partial charge in [-0.05, 0) is 111 Å². The highest BCUT2D eigenvalue weighted by molar-refractivity contribution is 5.24. The molecule has 5 rings (SSSR count). The lowest BCUT2D eigenvalue weighted by molar-refractivity contribution is -0.346. The van der Waals surface area contributed by atoms with Gasteiger partial charge in [0.15, 0.2) is 6.29 Å². The van der Waals surface area contributed by atoms with Gasteiger partial charge in [-0.3, -0.25) is 0 Å². The standard InChI is InChI=1S/C36H60O8/c1-19(2)10-9-11-20(3)21-12-15-35(7)27(21)22(38)16-25-34(6)14-13-26(39)33(4,5)31(34)23(17-36(25,35)8)43-32-30(42)29(41)28(40)24(18-37)44-32/h10-11,21-32,37-42H,9,12-18H2,1-8H3/b20-11+/t21-,22?,23+,24-,25?,26+,27?,28-,29+,30-,31?,32-,34-,35-,36-/m1/s1. The van der Waals surface area contributed by atoms with Crippen molar-refractivity contribution in [3.8, 4) is 0 Å². The Morgan fingerprint density at radius 2 is 1.55 bits per heavy atom. The molecule has 4 aliphatic carbocycles. The Hall–Kier alpha value is -0.840. The smallest absolute Gasteiger partial charge is 0.186 e. The van der Waals surface area contributed by atoms with Gasteiger partial charge < -0.3 is 40.1 Å². The van der Waals surface area contributed by atoms with Crippen LogP contribution in [0.25, 0.3) is 0 Å². The average Bonchev–Trinajstić information content (AvgIpc) is 3.32. The molecule has 4 unspecified atom stereocenters. The van der Waals surface area contributed by atoms with Crippen LogP contribution in [0, 0.1) is 45.3 Å². The summed E-state index contributed by atoms with van der Waals surface area (Å²) in [5.41, 5.74) is 1.49. The van der Waals surface area contributed by atoms with Crippen LogP contribution in [0.2, 0.25) is 0 Å². The fourth-order valence-electron chi connectivity index (χ4n) is 11.5. The molecule has 0 bridgehead atoms. The molecule has 0 aromatic heterocycles. The molecule has 1 saturated heterocycles. The van der Waals surface area contributed by atoms with Crippen LogP contribution in [0.3, 0.4) is 0 Å². The van der Waals surface area contributed by atoms with Crippen molar-refractivity contribution in [3.05, 3.63) is 23.3 Å². The zero-order valence-corrected chi connectivity index (χ0v) is 28.2. The lowest BCUT2D eigenvalue weighted by atomic mass is 9.34. The van der Waals surface area contributed by atoms with E-state index in [9.17, 15) is 30.6 Å². The van der Waals surface area contributed by atoms with E-state index >= 15 is 0 Å². The molecule has 5 fully saturated rings. The van der Waals surface area contributed by atoms with Crippen LogP contribution >= 0.6 is 0 Å². The minimum Gasteiger partial charge on any atom is -0.394 e. The lowest BCUT2D eigenvalue weighted by Gasteiger charge is -2.72. The van der Waals surface area contributed by atoms with Gasteiger partial charge in [-0.1, -0.05) is 57.9 Å². The molecule has 0 amide bonds. The molecular weight excluding hydrogens is 560 g/mol. The monoisotopic (exact) mass is 620 g/mol. The third-order valence-corrected chi connectivity index (χ3v) is 13.9. The van der Waals surface area contributed by atoms with E-state index in [-0.39, 0.29) is 34.0 Å². The SMILES string of the molecule is CC(C)=CC/C=C(\C)[C@H]1CC[C@]2(C)C1C(O)CC1[C@@]3(C)CC[C@H](O)C(C)(C)C3[C@@H](O[C@@H]3O[C@H](CO)[C@@H](O)[C@H](O)[C@H]3O)C[C@]12C. The quantitative estimate of drug-likeness (QED) is 0.193. The Kier molecular flexibility index (Phi) is 9.40. The van der Waals surface area contributed by atoms with Crippen LogP contribution in [-0.4, -0.2) is 86.3 Å². The molecular formula is C36H60O8. The second-order valence-electron chi connectivity index (χ2n) is 16.8. The first-order chi connectivity index (χ1) is 20.4. The summed E-state index contributed by atoms with van der Waals surface area (Å²) in [7, 11) is 0. The molecule has 8 nitrogen and oxygen atoms in total. The van der Waals surface area contributed by atoms with E-state index in [4.69, 9.17) is 9.47 Å². The van der Waals surface area contributed by atoms with Crippen molar-refractivity contribution in [1.82, 2.24) is 0 Å². The molecule has 252 valence electrons. The summed E-state index contributed by atoms with van der Waals surface area (Å²) >= 11 is 0. The first-order valence-corrected chi connectivity index (χ1v) is 17.1. The molecule has 0 radical (unpaired) electrons. The van der Waals surface area contributed by atoms with Gasteiger partial charge in [0, 0.05) is 0 Å². The van der Waals surface area contributed by atoms with Crippen LogP contribution in [-0.2, 0) is 9.47 Å². The van der Waals surface area contributed by atoms with Crippen LogP contribution in [0.5, 0.6) is 0 Å². The summed E-state index contributed by atoms with van der Waals surface area (Å²) in [6.07, 6.45) is 2.23. The van der Waals surface area contributed by atoms with Crippen molar-refractivity contribution < 1.29 is 40.1 Å². The highest BCUT2D eigenvalue weighted by Gasteiger charge is 2.72. The van der Waals surface area contributed by atoms with E-state index < -0.39 is 61.0 Å². The zero-order valence-electron chi connectivity index (χ0n) is 28.2. The second kappa shape index (κ2) is 12.0. The number of aliphatic hydroxyl groups is 6. The number of ether oxygens (including phenoxy) is 2. The third kappa shape index (κ3) is 5.18. The summed E-state index contributed by atoms with van der Waals surface area (Å²) in [6.45, 7) is 17.2. The molecule has 8 heteroatoms. The van der Waals surface area contributed by atoms with Crippen molar-refractivity contribution in [2.75, 3.05) is 6.61 Å². The number of allylic oxidation sites excluding steroid dienone is 4. The number of aliphatic hydroxyl groups excluding tert-OH is 6. The molecule has 5 aliphatic rings. The Labute approximate surface area is 264 Å². The maximum absolute atomic E-state index is 12.0. The van der Waals surface area contributed by atoms with E-state index in [2.05, 4.69) is 67.5 Å². The molecule has 1 aliphatic heterocycles. The number of fused-ring (bicyclic) bond motifs is 5. The predicted molar refractivity (Wildman–Crippen MR) is 168 cm³/mol. The van der Waals surface area contributed by atoms with Gasteiger partial charge in [0.2, 0.25) is 0 Å². The van der Waals surface area contributed by atoms with E-state index in [0.29, 0.717) is 25.2 Å². The zero-order chi connectivity index (χ0) is 32.6. The number of rotatable bonds is 6. The maximum atomic E-state index is 12.0. The average molecular weight is 621 g/mol. The fourth-order valence-corrected chi connectivity index (χ4v) is 11.5. The number of hydrogen-bond donors (Lipinski definition) is 6. The number of hydrogen-bond acceptors (Lipinski definition) is 8. The molecule has 4 saturated carbocycles. The molecule has 44 heavy (non-hydrogen) atoms. The second-order valence-corrected chi connectivity index (χ2v) is 16.8.